The van der Waals surface area contributed by atoms with E-state index in [0.29, 0.717) is 16.8 Å². The van der Waals surface area contributed by atoms with Crippen molar-refractivity contribution >= 4 is 34.0 Å². The number of likely N-dealkylation sites (tertiary alicyclic amines) is 1. The second-order valence-corrected chi connectivity index (χ2v) is 4.66. The zero-order chi connectivity index (χ0) is 10.7. The van der Waals surface area contributed by atoms with Crippen LogP contribution in [0, 0.1) is 0 Å². The molecule has 1 saturated heterocycles. The Kier molecular flexibility index (Phi) is 3.43. The molecule has 0 atom stereocenters. The zero-order valence-electron chi connectivity index (χ0n) is 8.20. The Morgan fingerprint density at radius 1 is 1.60 bits per heavy atom. The number of halogens is 1. The van der Waals surface area contributed by atoms with Crippen LogP contribution in [0.1, 0.15) is 12.8 Å². The van der Waals surface area contributed by atoms with Gasteiger partial charge in [-0.1, -0.05) is 11.6 Å². The van der Waals surface area contributed by atoms with E-state index < -0.39 is 0 Å². The third kappa shape index (κ3) is 2.82. The predicted octanol–water partition coefficient (Wildman–Crippen LogP) is 1.83. The van der Waals surface area contributed by atoms with Crippen molar-refractivity contribution in [3.8, 4) is 0 Å². The van der Waals surface area contributed by atoms with Crippen LogP contribution in [0.5, 0.6) is 0 Å². The van der Waals surface area contributed by atoms with Crippen molar-refractivity contribution in [1.82, 2.24) is 9.88 Å². The van der Waals surface area contributed by atoms with Crippen LogP contribution in [-0.2, 0) is 4.79 Å². The lowest BCUT2D eigenvalue weighted by Gasteiger charge is -2.14. The fourth-order valence-corrected chi connectivity index (χ4v) is 2.40. The van der Waals surface area contributed by atoms with Crippen molar-refractivity contribution in [2.75, 3.05) is 25.0 Å². The number of nitrogens with one attached hydrogen (secondary N) is 1. The third-order valence-corrected chi connectivity index (χ3v) is 3.45. The lowest BCUT2D eigenvalue weighted by Crippen LogP contribution is -2.32. The molecule has 1 aliphatic heterocycles. The van der Waals surface area contributed by atoms with Crippen molar-refractivity contribution < 1.29 is 4.79 Å². The lowest BCUT2D eigenvalue weighted by molar-refractivity contribution is -0.128. The van der Waals surface area contributed by atoms with Gasteiger partial charge in [0.1, 0.15) is 5.15 Å². The van der Waals surface area contributed by atoms with Gasteiger partial charge in [-0.3, -0.25) is 4.79 Å². The van der Waals surface area contributed by atoms with Crippen LogP contribution in [0.3, 0.4) is 0 Å². The summed E-state index contributed by atoms with van der Waals surface area (Å²) in [5.74, 6) is 0.138. The predicted molar refractivity (Wildman–Crippen MR) is 61.4 cm³/mol. The van der Waals surface area contributed by atoms with Gasteiger partial charge in [0.15, 0.2) is 5.13 Å². The van der Waals surface area contributed by atoms with Crippen molar-refractivity contribution in [2.45, 2.75) is 12.8 Å². The number of hydrogen-bond donors (Lipinski definition) is 1. The molecule has 1 N–H and O–H groups in total. The fourth-order valence-electron chi connectivity index (χ4n) is 1.56. The first-order chi connectivity index (χ1) is 7.25. The Morgan fingerprint density at radius 3 is 2.93 bits per heavy atom. The van der Waals surface area contributed by atoms with Gasteiger partial charge in [-0.2, -0.15) is 0 Å². The molecule has 82 valence electrons. The van der Waals surface area contributed by atoms with E-state index in [1.807, 2.05) is 4.90 Å². The standard InChI is InChI=1S/C9H12ClN3OS/c10-7-6-15-9(12-7)11-5-8(14)13-3-1-2-4-13/h6H,1-5H2,(H,11,12). The molecule has 1 fully saturated rings. The molecule has 0 aromatic carbocycles. The van der Waals surface area contributed by atoms with Crippen LogP contribution in [0.2, 0.25) is 5.15 Å². The summed E-state index contributed by atoms with van der Waals surface area (Å²) >= 11 is 7.08. The number of carbonyl (C=O) groups is 1. The average molecular weight is 246 g/mol. The van der Waals surface area contributed by atoms with E-state index in [2.05, 4.69) is 10.3 Å². The molecule has 1 aromatic rings. The molecule has 0 unspecified atom stereocenters. The maximum absolute atomic E-state index is 11.6. The van der Waals surface area contributed by atoms with Crippen LogP contribution in [0.4, 0.5) is 5.13 Å². The molecule has 0 saturated carbocycles. The molecule has 1 amide bonds. The SMILES string of the molecule is O=C(CNc1nc(Cl)cs1)N1CCCC1. The van der Waals surface area contributed by atoms with Crippen LogP contribution in [-0.4, -0.2) is 35.4 Å². The van der Waals surface area contributed by atoms with E-state index in [4.69, 9.17) is 11.6 Å². The summed E-state index contributed by atoms with van der Waals surface area (Å²) in [7, 11) is 0. The average Bonchev–Trinajstić information content (AvgIpc) is 2.84. The van der Waals surface area contributed by atoms with E-state index in [-0.39, 0.29) is 5.91 Å². The molecule has 0 bridgehead atoms. The Hall–Kier alpha value is -0.810. The van der Waals surface area contributed by atoms with E-state index in [1.54, 1.807) is 5.38 Å². The number of amides is 1. The second kappa shape index (κ2) is 4.81. The van der Waals surface area contributed by atoms with Gasteiger partial charge < -0.3 is 10.2 Å². The van der Waals surface area contributed by atoms with Crippen molar-refractivity contribution in [2.24, 2.45) is 0 Å². The van der Waals surface area contributed by atoms with E-state index in [9.17, 15) is 4.79 Å². The highest BCUT2D eigenvalue weighted by atomic mass is 35.5. The fraction of sp³-hybridized carbons (Fsp3) is 0.556. The molecule has 4 nitrogen and oxygen atoms in total. The largest absolute Gasteiger partial charge is 0.352 e. The topological polar surface area (TPSA) is 45.2 Å². The van der Waals surface area contributed by atoms with E-state index in [0.717, 1.165) is 25.9 Å². The minimum atomic E-state index is 0.138. The molecule has 15 heavy (non-hydrogen) atoms. The number of thiazole rings is 1. The second-order valence-electron chi connectivity index (χ2n) is 3.42. The normalized spacial score (nSPS) is 15.7. The summed E-state index contributed by atoms with van der Waals surface area (Å²) in [4.78, 5) is 17.5. The number of anilines is 1. The van der Waals surface area contributed by atoms with Gasteiger partial charge in [-0.25, -0.2) is 4.98 Å². The van der Waals surface area contributed by atoms with Gasteiger partial charge in [0.25, 0.3) is 0 Å². The van der Waals surface area contributed by atoms with Crippen LogP contribution >= 0.6 is 22.9 Å². The summed E-state index contributed by atoms with van der Waals surface area (Å²) in [5, 5.41) is 5.88. The molecule has 1 aliphatic rings. The maximum Gasteiger partial charge on any atom is 0.241 e. The molecule has 0 radical (unpaired) electrons. The Labute approximate surface area is 97.2 Å². The monoisotopic (exact) mass is 245 g/mol. The van der Waals surface area contributed by atoms with Gasteiger partial charge >= 0.3 is 0 Å². The molecular formula is C9H12ClN3OS. The van der Waals surface area contributed by atoms with Gasteiger partial charge in [0.2, 0.25) is 5.91 Å². The van der Waals surface area contributed by atoms with Crippen LogP contribution < -0.4 is 5.32 Å². The van der Waals surface area contributed by atoms with Gasteiger partial charge in [0, 0.05) is 18.5 Å². The lowest BCUT2D eigenvalue weighted by atomic mass is 10.4. The molecule has 1 aromatic heterocycles. The highest BCUT2D eigenvalue weighted by Gasteiger charge is 2.17. The number of carbonyl (C=O) groups excluding carboxylic acids is 1. The number of aromatic nitrogens is 1. The highest BCUT2D eigenvalue weighted by Crippen LogP contribution is 2.18. The molecule has 2 rings (SSSR count). The number of hydrogen-bond acceptors (Lipinski definition) is 4. The first-order valence-corrected chi connectivity index (χ1v) is 6.14. The summed E-state index contributed by atoms with van der Waals surface area (Å²) in [6.45, 7) is 2.09. The first kappa shape index (κ1) is 10.7. The minimum Gasteiger partial charge on any atom is -0.352 e. The summed E-state index contributed by atoms with van der Waals surface area (Å²) in [6, 6.07) is 0. The quantitative estimate of drug-likeness (QED) is 0.884. The van der Waals surface area contributed by atoms with Crippen molar-refractivity contribution in [3.05, 3.63) is 10.5 Å². The van der Waals surface area contributed by atoms with Gasteiger partial charge in [-0.05, 0) is 12.8 Å². The first-order valence-electron chi connectivity index (χ1n) is 4.88. The van der Waals surface area contributed by atoms with Crippen molar-refractivity contribution in [3.63, 3.8) is 0 Å². The Morgan fingerprint density at radius 2 is 2.33 bits per heavy atom. The molecule has 0 spiro atoms. The Balaban J connectivity index is 1.80. The summed E-state index contributed by atoms with van der Waals surface area (Å²) < 4.78 is 0. The number of nitrogens with zero attached hydrogens (tertiary/aromatic N) is 2. The van der Waals surface area contributed by atoms with Gasteiger partial charge in [-0.15, -0.1) is 11.3 Å². The van der Waals surface area contributed by atoms with Crippen molar-refractivity contribution in [1.29, 1.82) is 0 Å². The minimum absolute atomic E-state index is 0.138. The maximum atomic E-state index is 11.6. The smallest absolute Gasteiger partial charge is 0.241 e. The zero-order valence-corrected chi connectivity index (χ0v) is 9.77. The highest BCUT2D eigenvalue weighted by molar-refractivity contribution is 7.14. The summed E-state index contributed by atoms with van der Waals surface area (Å²) in [5.41, 5.74) is 0. The molecule has 6 heteroatoms. The number of rotatable bonds is 3. The van der Waals surface area contributed by atoms with E-state index in [1.165, 1.54) is 11.3 Å². The summed E-state index contributed by atoms with van der Waals surface area (Å²) in [6.07, 6.45) is 2.24. The Bertz CT molecular complexity index is 349. The molecule has 2 heterocycles. The van der Waals surface area contributed by atoms with Crippen LogP contribution in [0.25, 0.3) is 0 Å². The van der Waals surface area contributed by atoms with Crippen LogP contribution in [0.15, 0.2) is 5.38 Å². The van der Waals surface area contributed by atoms with Gasteiger partial charge in [0.05, 0.1) is 6.54 Å². The molecule has 0 aliphatic carbocycles. The third-order valence-electron chi connectivity index (χ3n) is 2.33. The molecular weight excluding hydrogens is 234 g/mol. The van der Waals surface area contributed by atoms with E-state index >= 15 is 0 Å².